The zero-order chi connectivity index (χ0) is 52.6. The van der Waals surface area contributed by atoms with Crippen molar-refractivity contribution in [3.63, 3.8) is 0 Å². The smallest absolute Gasteiger partial charge is 0.0616 e. The SMILES string of the molecule is c1ccc2c3c4ccccc4c(c2c1)C12c4c5c6c7c8c4c4c1c1c9c%10c%11c%12c(c5c5c6c6c%13c%14c%15c%16c%17c(c8c8c4c4c1c1c9c9c%11c%11c%18c%12c5c%13c%18c5c%14c%12c%16c%13c%17c8c4c4c1c1c9c%11c5c%12c1c%134)C71c4c5ccccc5c(c5ccccc45)C6%151)C3%102. The first-order valence-corrected chi connectivity index (χ1v) is 32.8. The zero-order valence-electron chi connectivity index (χ0n) is 45.2. The van der Waals surface area contributed by atoms with Crippen molar-refractivity contribution in [1.29, 1.82) is 0 Å². The average molecular weight is 1070 g/mol. The highest BCUT2D eigenvalue weighted by molar-refractivity contribution is 6.79. The summed E-state index contributed by atoms with van der Waals surface area (Å²) in [5.74, 6) is 0. The summed E-state index contributed by atoms with van der Waals surface area (Å²) in [6.45, 7) is 0. The van der Waals surface area contributed by atoms with Crippen molar-refractivity contribution in [2.45, 2.75) is 21.7 Å². The maximum Gasteiger partial charge on any atom is 0.0667 e. The van der Waals surface area contributed by atoms with Crippen LogP contribution in [-0.2, 0) is 21.7 Å². The summed E-state index contributed by atoms with van der Waals surface area (Å²) in [5, 5.41) is 91.8. The Hall–Kier alpha value is -10.9. The second-order valence-corrected chi connectivity index (χ2v) is 31.7. The molecule has 0 radical (unpaired) electrons. The third-order valence-electron chi connectivity index (χ3n) is 31.5. The standard InChI is InChI=1S/C88H16/c1-5-13-21-17(9-1)73-18-10-2-6-14-22(18)75(21)87-79-63-52-41-30-25-26-31-27(30)34-43(52)54-55-44(34)53-42(31)51-40-33(26)29-28-32(25)39-46-35(28)37-38-36(29)47(40)58-60-49(38)45-48(37)59-57(46)77(61(63)50(39)41)85(73,87)81(59)67-56(45)68-72-71(67)83(87)69(65(54)79)70-66(55)80-64(53)62(51)78(58)86(82(60)68)74-19-11-3-7-15-23(19)76(88(80,86)84(70)72)24-16-8-4-12-20(24)74/h1-16H. The van der Waals surface area contributed by atoms with Crippen LogP contribution in [0, 0.1) is 0 Å². The number of hydrogen-bond acceptors (Lipinski definition) is 0. The fraction of sp³-hybridized carbons (Fsp3) is 0.0455. The second-order valence-electron chi connectivity index (χ2n) is 31.7. The van der Waals surface area contributed by atoms with Gasteiger partial charge in [-0.05, 0) is 368 Å². The second kappa shape index (κ2) is 7.89. The topological polar surface area (TPSA) is 0 Å². The van der Waals surface area contributed by atoms with Crippen molar-refractivity contribution in [3.8, 4) is 0 Å². The lowest BCUT2D eigenvalue weighted by Gasteiger charge is -2.60. The maximum atomic E-state index is 2.61. The summed E-state index contributed by atoms with van der Waals surface area (Å²) in [5.41, 5.74) is 18.3. The molecule has 368 valence electrons. The number of hydrogen-bond donors (Lipinski definition) is 0. The van der Waals surface area contributed by atoms with E-state index < -0.39 is 21.7 Å². The van der Waals surface area contributed by atoms with Crippen LogP contribution in [0.3, 0.4) is 0 Å². The normalized spacial score (nSPS) is 24.1. The Morgan fingerprint density at radius 3 is 0.318 bits per heavy atom. The van der Waals surface area contributed by atoms with Gasteiger partial charge in [-0.1, -0.05) is 97.1 Å². The van der Waals surface area contributed by atoms with Gasteiger partial charge in [-0.3, -0.25) is 0 Å². The lowest BCUT2D eigenvalue weighted by atomic mass is 9.39. The van der Waals surface area contributed by atoms with E-state index in [0.29, 0.717) is 0 Å². The van der Waals surface area contributed by atoms with Crippen LogP contribution in [0.25, 0.3) is 302 Å². The Kier molecular flexibility index (Phi) is 3.02. The predicted molar refractivity (Wildman–Crippen MR) is 366 cm³/mol. The van der Waals surface area contributed by atoms with E-state index in [1.807, 2.05) is 0 Å². The van der Waals surface area contributed by atoms with Crippen molar-refractivity contribution in [3.05, 3.63) is 164 Å². The molecular weight excluding hydrogens is 1060 g/mol. The highest BCUT2D eigenvalue weighted by Gasteiger charge is 2.78. The molecule has 30 aromatic carbocycles. The molecule has 12 aliphatic carbocycles. The van der Waals surface area contributed by atoms with Crippen molar-refractivity contribution < 1.29 is 0 Å². The van der Waals surface area contributed by atoms with Gasteiger partial charge in [-0.15, -0.1) is 0 Å². The molecule has 0 aromatic heterocycles. The van der Waals surface area contributed by atoms with Gasteiger partial charge < -0.3 is 0 Å². The molecule has 42 rings (SSSR count). The van der Waals surface area contributed by atoms with Crippen LogP contribution in [0.5, 0.6) is 0 Å². The molecule has 4 spiro atoms. The number of benzene rings is 22. The monoisotopic (exact) mass is 1070 g/mol. The van der Waals surface area contributed by atoms with Gasteiger partial charge in [0, 0.05) is 0 Å². The van der Waals surface area contributed by atoms with Gasteiger partial charge in [-0.2, -0.15) is 0 Å². The van der Waals surface area contributed by atoms with Crippen LogP contribution in [0.1, 0.15) is 66.8 Å². The van der Waals surface area contributed by atoms with Crippen molar-refractivity contribution in [2.75, 3.05) is 0 Å². The molecule has 0 heterocycles. The van der Waals surface area contributed by atoms with Crippen LogP contribution in [0.15, 0.2) is 97.1 Å². The van der Waals surface area contributed by atoms with Gasteiger partial charge in [0.1, 0.15) is 0 Å². The van der Waals surface area contributed by atoms with E-state index in [0.717, 1.165) is 0 Å². The summed E-state index contributed by atoms with van der Waals surface area (Å²) in [6, 6.07) is 40.2. The largest absolute Gasteiger partial charge is 0.0667 e. The van der Waals surface area contributed by atoms with Crippen LogP contribution in [0.2, 0.25) is 0 Å². The summed E-state index contributed by atoms with van der Waals surface area (Å²) in [7, 11) is 0. The van der Waals surface area contributed by atoms with Crippen LogP contribution >= 0.6 is 0 Å². The van der Waals surface area contributed by atoms with Gasteiger partial charge in [0.15, 0.2) is 0 Å². The van der Waals surface area contributed by atoms with E-state index in [4.69, 9.17) is 0 Å². The molecule has 12 aliphatic rings. The van der Waals surface area contributed by atoms with Crippen molar-refractivity contribution >= 4 is 302 Å². The molecule has 0 nitrogen and oxygen atoms in total. The molecule has 0 aliphatic heterocycles. The highest BCUT2D eigenvalue weighted by Crippen LogP contribution is 2.91. The quantitative estimate of drug-likeness (QED) is 0.105. The van der Waals surface area contributed by atoms with Gasteiger partial charge in [0.2, 0.25) is 0 Å². The Balaban J connectivity index is 1.06. The summed E-state index contributed by atoms with van der Waals surface area (Å²) >= 11 is 0. The van der Waals surface area contributed by atoms with E-state index in [2.05, 4.69) is 97.1 Å². The summed E-state index contributed by atoms with van der Waals surface area (Å²) in [6.07, 6.45) is 0. The third-order valence-corrected chi connectivity index (χ3v) is 31.5. The van der Waals surface area contributed by atoms with E-state index in [1.165, 1.54) is 43.1 Å². The fourth-order valence-electron chi connectivity index (χ4n) is 31.6. The van der Waals surface area contributed by atoms with E-state index in [9.17, 15) is 0 Å². The van der Waals surface area contributed by atoms with E-state index >= 15 is 0 Å². The van der Waals surface area contributed by atoms with Gasteiger partial charge in [-0.25, -0.2) is 0 Å². The molecule has 0 saturated carbocycles. The van der Waals surface area contributed by atoms with E-state index in [1.54, 1.807) is 325 Å². The molecule has 30 aromatic rings. The van der Waals surface area contributed by atoms with Crippen LogP contribution in [-0.4, -0.2) is 0 Å². The minimum Gasteiger partial charge on any atom is -0.0616 e. The number of rotatable bonds is 0. The Labute approximate surface area is 484 Å². The van der Waals surface area contributed by atoms with E-state index in [-0.39, 0.29) is 0 Å². The molecule has 0 heteroatoms. The van der Waals surface area contributed by atoms with Gasteiger partial charge in [0.25, 0.3) is 0 Å². The fourth-order valence-corrected chi connectivity index (χ4v) is 31.6. The molecule has 0 N–H and O–H groups in total. The van der Waals surface area contributed by atoms with Crippen molar-refractivity contribution in [2.24, 2.45) is 0 Å². The Bertz CT molecular complexity index is 8740. The minimum atomic E-state index is -0.513. The Morgan fingerprint density at radius 2 is 0.193 bits per heavy atom. The highest BCUT2D eigenvalue weighted by atomic mass is 14.8. The molecule has 0 amide bonds. The molecule has 4 atom stereocenters. The van der Waals surface area contributed by atoms with Gasteiger partial charge in [0.05, 0.1) is 21.7 Å². The summed E-state index contributed by atoms with van der Waals surface area (Å²) < 4.78 is 0. The first-order chi connectivity index (χ1) is 43.9. The average Bonchev–Trinajstić information content (AvgIpc) is 1.37. The van der Waals surface area contributed by atoms with Crippen molar-refractivity contribution in [1.82, 2.24) is 0 Å². The molecule has 88 heavy (non-hydrogen) atoms. The zero-order valence-corrected chi connectivity index (χ0v) is 45.2. The predicted octanol–water partition coefficient (Wildman–Crippen LogP) is 22.3. The summed E-state index contributed by atoms with van der Waals surface area (Å²) in [4.78, 5) is 0. The lowest BCUT2D eigenvalue weighted by molar-refractivity contribution is 0.444. The van der Waals surface area contributed by atoms with Crippen LogP contribution in [0.4, 0.5) is 0 Å². The van der Waals surface area contributed by atoms with Crippen LogP contribution < -0.4 is 0 Å². The maximum absolute atomic E-state index is 2.61. The first-order valence-electron chi connectivity index (χ1n) is 32.8. The first kappa shape index (κ1) is 33.7. The Morgan fingerprint density at radius 1 is 0.102 bits per heavy atom. The molecule has 4 bridgehead atoms. The third kappa shape index (κ3) is 1.83. The molecule has 0 fully saturated rings. The minimum absolute atomic E-state index is 0.506. The molecule has 4 unspecified atom stereocenters. The van der Waals surface area contributed by atoms with Gasteiger partial charge >= 0.3 is 0 Å². The molecule has 0 saturated heterocycles. The lowest BCUT2D eigenvalue weighted by Crippen LogP contribution is -2.56. The molecular formula is C88H16.